The van der Waals surface area contributed by atoms with E-state index in [-0.39, 0.29) is 5.91 Å². The molecule has 0 bridgehead atoms. The van der Waals surface area contributed by atoms with Crippen LogP contribution >= 0.6 is 0 Å². The van der Waals surface area contributed by atoms with Gasteiger partial charge in [0.25, 0.3) is 5.91 Å². The van der Waals surface area contributed by atoms with E-state index in [4.69, 9.17) is 0 Å². The number of fused-ring (bicyclic) bond motifs is 1. The van der Waals surface area contributed by atoms with Gasteiger partial charge in [0.15, 0.2) is 0 Å². The van der Waals surface area contributed by atoms with Gasteiger partial charge in [-0.1, -0.05) is 12.1 Å². The molecule has 1 amide bonds. The highest BCUT2D eigenvalue weighted by molar-refractivity contribution is 5.96. The molecule has 3 heterocycles. The number of amides is 1. The molecule has 1 saturated heterocycles. The van der Waals surface area contributed by atoms with Crippen LogP contribution in [0.4, 0.5) is 0 Å². The molecule has 2 aromatic heterocycles. The molecule has 128 valence electrons. The highest BCUT2D eigenvalue weighted by Crippen LogP contribution is 2.25. The number of likely N-dealkylation sites (tertiary alicyclic amines) is 1. The average molecular weight is 335 g/mol. The normalized spacial score (nSPS) is 17.6. The van der Waals surface area contributed by atoms with Gasteiger partial charge in [0.1, 0.15) is 12.0 Å². The number of aromatic nitrogens is 3. The first-order valence-electron chi connectivity index (χ1n) is 8.47. The number of carbonyl (C=O) groups excluding carboxylic acids is 1. The van der Waals surface area contributed by atoms with Gasteiger partial charge >= 0.3 is 0 Å². The summed E-state index contributed by atoms with van der Waals surface area (Å²) in [6.07, 6.45) is 4.44. The number of nitrogens with zero attached hydrogens (tertiary/aromatic N) is 4. The Hall–Kier alpha value is -2.73. The van der Waals surface area contributed by atoms with Crippen LogP contribution < -0.4 is 0 Å². The molecule has 1 atom stereocenters. The van der Waals surface area contributed by atoms with Crippen molar-refractivity contribution in [2.24, 2.45) is 0 Å². The molecule has 6 nitrogen and oxygen atoms in total. The molecule has 1 aliphatic rings. The van der Waals surface area contributed by atoms with Gasteiger partial charge in [-0.3, -0.25) is 4.79 Å². The quantitative estimate of drug-likeness (QED) is 0.798. The van der Waals surface area contributed by atoms with Gasteiger partial charge in [0.05, 0.1) is 5.69 Å². The largest absolute Gasteiger partial charge is 0.346 e. The summed E-state index contributed by atoms with van der Waals surface area (Å²) in [5, 5.41) is 0.981. The SMILES string of the molecule is CN(C)[C@@H]1CCN(C(=O)c2ccc(-c3ncnc4[nH]ccc34)cc2)C1. The molecule has 3 aromatic rings. The Bertz CT molecular complexity index is 900. The minimum Gasteiger partial charge on any atom is -0.346 e. The molecule has 6 heteroatoms. The van der Waals surface area contributed by atoms with Crippen LogP contribution in [0.25, 0.3) is 22.3 Å². The van der Waals surface area contributed by atoms with Crippen LogP contribution in [0.15, 0.2) is 42.9 Å². The molecule has 0 aliphatic carbocycles. The van der Waals surface area contributed by atoms with Crippen LogP contribution in [-0.4, -0.2) is 63.9 Å². The molecule has 0 unspecified atom stereocenters. The highest BCUT2D eigenvalue weighted by atomic mass is 16.2. The maximum atomic E-state index is 12.7. The monoisotopic (exact) mass is 335 g/mol. The second-order valence-electron chi connectivity index (χ2n) is 6.70. The Morgan fingerprint density at radius 1 is 1.20 bits per heavy atom. The van der Waals surface area contributed by atoms with E-state index in [2.05, 4.69) is 33.9 Å². The van der Waals surface area contributed by atoms with Gasteiger partial charge in [-0.05, 0) is 38.7 Å². The minimum atomic E-state index is 0.102. The van der Waals surface area contributed by atoms with Crippen molar-refractivity contribution in [3.05, 3.63) is 48.4 Å². The first-order chi connectivity index (χ1) is 12.1. The fourth-order valence-corrected chi connectivity index (χ4v) is 3.40. The summed E-state index contributed by atoms with van der Waals surface area (Å²) in [6.45, 7) is 1.61. The number of H-pyrrole nitrogens is 1. The van der Waals surface area contributed by atoms with Crippen LogP contribution in [-0.2, 0) is 0 Å². The fourth-order valence-electron chi connectivity index (χ4n) is 3.40. The van der Waals surface area contributed by atoms with Gasteiger partial charge in [-0.25, -0.2) is 9.97 Å². The molecule has 1 aromatic carbocycles. The summed E-state index contributed by atoms with van der Waals surface area (Å²) in [6, 6.07) is 10.1. The minimum absolute atomic E-state index is 0.102. The van der Waals surface area contributed by atoms with E-state index in [1.165, 1.54) is 0 Å². The second-order valence-corrected chi connectivity index (χ2v) is 6.70. The molecular formula is C19H21N5O. The number of aromatic amines is 1. The molecule has 0 radical (unpaired) electrons. The number of nitrogens with one attached hydrogen (secondary N) is 1. The van der Waals surface area contributed by atoms with Crippen molar-refractivity contribution in [3.8, 4) is 11.3 Å². The Morgan fingerprint density at radius 2 is 2.00 bits per heavy atom. The van der Waals surface area contributed by atoms with E-state index < -0.39 is 0 Å². The predicted octanol–water partition coefficient (Wildman–Crippen LogP) is 2.40. The summed E-state index contributed by atoms with van der Waals surface area (Å²) in [5.74, 6) is 0.102. The zero-order chi connectivity index (χ0) is 17.4. The topological polar surface area (TPSA) is 65.1 Å². The van der Waals surface area contributed by atoms with Crippen molar-refractivity contribution in [3.63, 3.8) is 0 Å². The number of benzene rings is 1. The lowest BCUT2D eigenvalue weighted by Gasteiger charge is -2.20. The van der Waals surface area contributed by atoms with E-state index in [9.17, 15) is 4.79 Å². The Balaban J connectivity index is 1.56. The van der Waals surface area contributed by atoms with Crippen molar-refractivity contribution >= 4 is 16.9 Å². The number of hydrogen-bond acceptors (Lipinski definition) is 4. The van der Waals surface area contributed by atoms with E-state index in [1.54, 1.807) is 6.33 Å². The zero-order valence-electron chi connectivity index (χ0n) is 14.4. The zero-order valence-corrected chi connectivity index (χ0v) is 14.4. The molecule has 4 rings (SSSR count). The molecule has 1 fully saturated rings. The highest BCUT2D eigenvalue weighted by Gasteiger charge is 2.28. The van der Waals surface area contributed by atoms with Crippen LogP contribution in [0.5, 0.6) is 0 Å². The molecule has 0 saturated carbocycles. The summed E-state index contributed by atoms with van der Waals surface area (Å²) in [7, 11) is 4.13. The lowest BCUT2D eigenvalue weighted by Crippen LogP contribution is -2.34. The van der Waals surface area contributed by atoms with Crippen LogP contribution in [0.1, 0.15) is 16.8 Å². The molecule has 1 aliphatic heterocycles. The van der Waals surface area contributed by atoms with Crippen LogP contribution in [0.2, 0.25) is 0 Å². The third-order valence-corrected chi connectivity index (χ3v) is 4.94. The number of carbonyl (C=O) groups is 1. The van der Waals surface area contributed by atoms with Crippen molar-refractivity contribution in [1.82, 2.24) is 24.8 Å². The first kappa shape index (κ1) is 15.8. The number of likely N-dealkylation sites (N-methyl/N-ethyl adjacent to an activating group) is 1. The smallest absolute Gasteiger partial charge is 0.253 e. The lowest BCUT2D eigenvalue weighted by molar-refractivity contribution is 0.0783. The molecule has 0 spiro atoms. The number of rotatable bonds is 3. The average Bonchev–Trinajstić information content (AvgIpc) is 3.30. The van der Waals surface area contributed by atoms with Gasteiger partial charge in [0, 0.05) is 41.8 Å². The van der Waals surface area contributed by atoms with Crippen molar-refractivity contribution in [1.29, 1.82) is 0 Å². The molecular weight excluding hydrogens is 314 g/mol. The Morgan fingerprint density at radius 3 is 2.72 bits per heavy atom. The Kier molecular flexibility index (Phi) is 3.97. The first-order valence-corrected chi connectivity index (χ1v) is 8.47. The van der Waals surface area contributed by atoms with Crippen LogP contribution in [0.3, 0.4) is 0 Å². The van der Waals surface area contributed by atoms with Gasteiger partial charge in [-0.2, -0.15) is 0 Å². The summed E-state index contributed by atoms with van der Waals surface area (Å²) < 4.78 is 0. The van der Waals surface area contributed by atoms with Gasteiger partial charge in [-0.15, -0.1) is 0 Å². The van der Waals surface area contributed by atoms with Gasteiger partial charge < -0.3 is 14.8 Å². The third kappa shape index (κ3) is 2.89. The lowest BCUT2D eigenvalue weighted by atomic mass is 10.1. The van der Waals surface area contributed by atoms with Crippen molar-refractivity contribution < 1.29 is 4.79 Å². The van der Waals surface area contributed by atoms with Gasteiger partial charge in [0.2, 0.25) is 0 Å². The van der Waals surface area contributed by atoms with Crippen LogP contribution in [0, 0.1) is 0 Å². The van der Waals surface area contributed by atoms with E-state index >= 15 is 0 Å². The number of hydrogen-bond donors (Lipinski definition) is 1. The molecule has 25 heavy (non-hydrogen) atoms. The van der Waals surface area contributed by atoms with E-state index in [0.717, 1.165) is 47.4 Å². The second kappa shape index (κ2) is 6.29. The Labute approximate surface area is 146 Å². The maximum absolute atomic E-state index is 12.7. The van der Waals surface area contributed by atoms with Crippen molar-refractivity contribution in [2.45, 2.75) is 12.5 Å². The standard InChI is InChI=1S/C19H21N5O/c1-23(2)15-8-10-24(11-15)19(25)14-5-3-13(4-6-14)17-16-7-9-20-18(16)22-12-21-17/h3-7,9,12,15H,8,10-11H2,1-2H3,(H,20,21,22)/t15-/m1/s1. The van der Waals surface area contributed by atoms with E-state index in [0.29, 0.717) is 6.04 Å². The maximum Gasteiger partial charge on any atom is 0.253 e. The summed E-state index contributed by atoms with van der Waals surface area (Å²) >= 11 is 0. The molecule has 1 N–H and O–H groups in total. The predicted molar refractivity (Wildman–Crippen MR) is 97.3 cm³/mol. The van der Waals surface area contributed by atoms with E-state index in [1.807, 2.05) is 41.4 Å². The van der Waals surface area contributed by atoms with Crippen molar-refractivity contribution in [2.75, 3.05) is 27.2 Å². The third-order valence-electron chi connectivity index (χ3n) is 4.94. The summed E-state index contributed by atoms with van der Waals surface area (Å²) in [5.41, 5.74) is 3.40. The fraction of sp³-hybridized carbons (Fsp3) is 0.316. The summed E-state index contributed by atoms with van der Waals surface area (Å²) in [4.78, 5) is 28.5.